The maximum absolute atomic E-state index is 10.6. The summed E-state index contributed by atoms with van der Waals surface area (Å²) in [5.41, 5.74) is 0.776. The van der Waals surface area contributed by atoms with Gasteiger partial charge >= 0.3 is 0 Å². The number of aliphatic hydroxyl groups is 1. The molecule has 0 radical (unpaired) electrons. The Balaban J connectivity index is 2.06. The van der Waals surface area contributed by atoms with Crippen molar-refractivity contribution in [3.8, 4) is 0 Å². The zero-order chi connectivity index (χ0) is 12.8. The van der Waals surface area contributed by atoms with E-state index >= 15 is 0 Å². The summed E-state index contributed by atoms with van der Waals surface area (Å²) in [4.78, 5) is 4.00. The first-order valence-corrected chi connectivity index (χ1v) is 6.89. The standard InChI is InChI=1S/C15H23NO2/c1-18-15(8-4-2-3-5-9-15)14(17)12-13-6-10-16-11-7-13/h6-7,10-11,14,17H,2-5,8-9,12H2,1H3. The van der Waals surface area contributed by atoms with E-state index in [2.05, 4.69) is 4.98 Å². The molecule has 0 spiro atoms. The summed E-state index contributed by atoms with van der Waals surface area (Å²) in [6, 6.07) is 3.92. The minimum atomic E-state index is -0.428. The lowest BCUT2D eigenvalue weighted by Gasteiger charge is -2.36. The highest BCUT2D eigenvalue weighted by Gasteiger charge is 2.38. The first-order chi connectivity index (χ1) is 8.77. The molecule has 1 aromatic heterocycles. The highest BCUT2D eigenvalue weighted by atomic mass is 16.5. The third-order valence-corrected chi connectivity index (χ3v) is 4.14. The predicted molar refractivity (Wildman–Crippen MR) is 71.4 cm³/mol. The summed E-state index contributed by atoms with van der Waals surface area (Å²) in [6.45, 7) is 0. The van der Waals surface area contributed by atoms with E-state index in [-0.39, 0.29) is 5.60 Å². The van der Waals surface area contributed by atoms with Crippen LogP contribution < -0.4 is 0 Å². The highest BCUT2D eigenvalue weighted by Crippen LogP contribution is 2.34. The van der Waals surface area contributed by atoms with Gasteiger partial charge in [0.1, 0.15) is 0 Å². The van der Waals surface area contributed by atoms with Gasteiger partial charge in [-0.05, 0) is 30.5 Å². The topological polar surface area (TPSA) is 42.4 Å². The van der Waals surface area contributed by atoms with E-state index in [0.29, 0.717) is 6.42 Å². The van der Waals surface area contributed by atoms with E-state index in [1.165, 1.54) is 12.8 Å². The Labute approximate surface area is 109 Å². The molecule has 0 saturated heterocycles. The van der Waals surface area contributed by atoms with Crippen molar-refractivity contribution in [1.29, 1.82) is 0 Å². The Kier molecular flexibility index (Phi) is 4.72. The molecule has 1 aromatic rings. The second kappa shape index (κ2) is 6.30. The van der Waals surface area contributed by atoms with E-state index in [1.54, 1.807) is 19.5 Å². The van der Waals surface area contributed by atoms with Gasteiger partial charge in [0.15, 0.2) is 0 Å². The molecule has 1 unspecified atom stereocenters. The van der Waals surface area contributed by atoms with Gasteiger partial charge in [0.05, 0.1) is 11.7 Å². The van der Waals surface area contributed by atoms with Crippen LogP contribution in [0.3, 0.4) is 0 Å². The van der Waals surface area contributed by atoms with Crippen molar-refractivity contribution >= 4 is 0 Å². The van der Waals surface area contributed by atoms with Gasteiger partial charge in [-0.25, -0.2) is 0 Å². The SMILES string of the molecule is COC1(C(O)Cc2ccncc2)CCCCCC1. The van der Waals surface area contributed by atoms with Crippen LogP contribution in [0.2, 0.25) is 0 Å². The smallest absolute Gasteiger partial charge is 0.0939 e. The van der Waals surface area contributed by atoms with E-state index in [1.807, 2.05) is 12.1 Å². The van der Waals surface area contributed by atoms with Gasteiger partial charge in [0.2, 0.25) is 0 Å². The fourth-order valence-electron chi connectivity index (χ4n) is 2.93. The lowest BCUT2D eigenvalue weighted by molar-refractivity contribution is -0.111. The zero-order valence-electron chi connectivity index (χ0n) is 11.1. The second-order valence-electron chi connectivity index (χ2n) is 5.26. The van der Waals surface area contributed by atoms with Crippen LogP contribution in [0.4, 0.5) is 0 Å². The predicted octanol–water partition coefficient (Wildman–Crippen LogP) is 2.72. The lowest BCUT2D eigenvalue weighted by atomic mass is 9.85. The van der Waals surface area contributed by atoms with Crippen molar-refractivity contribution in [3.63, 3.8) is 0 Å². The number of aliphatic hydroxyl groups excluding tert-OH is 1. The van der Waals surface area contributed by atoms with Crippen molar-refractivity contribution in [1.82, 2.24) is 4.98 Å². The molecular formula is C15H23NO2. The molecule has 1 fully saturated rings. The number of rotatable bonds is 4. The minimum Gasteiger partial charge on any atom is -0.390 e. The molecule has 2 rings (SSSR count). The van der Waals surface area contributed by atoms with Crippen LogP contribution in [-0.2, 0) is 11.2 Å². The monoisotopic (exact) mass is 249 g/mol. The van der Waals surface area contributed by atoms with Crippen LogP contribution in [0.1, 0.15) is 44.1 Å². The number of methoxy groups -OCH3 is 1. The maximum atomic E-state index is 10.6. The van der Waals surface area contributed by atoms with Gasteiger partial charge in [-0.3, -0.25) is 4.98 Å². The Hall–Kier alpha value is -0.930. The number of pyridine rings is 1. The largest absolute Gasteiger partial charge is 0.390 e. The van der Waals surface area contributed by atoms with Crippen molar-refractivity contribution in [2.24, 2.45) is 0 Å². The maximum Gasteiger partial charge on any atom is 0.0939 e. The summed E-state index contributed by atoms with van der Waals surface area (Å²) in [5.74, 6) is 0. The second-order valence-corrected chi connectivity index (χ2v) is 5.26. The molecule has 1 saturated carbocycles. The molecule has 3 nitrogen and oxygen atoms in total. The highest BCUT2D eigenvalue weighted by molar-refractivity contribution is 5.12. The summed E-state index contributed by atoms with van der Waals surface area (Å²) in [6.07, 6.45) is 10.5. The third kappa shape index (κ3) is 3.09. The third-order valence-electron chi connectivity index (χ3n) is 4.14. The summed E-state index contributed by atoms with van der Waals surface area (Å²) in [5, 5.41) is 10.6. The van der Waals surface area contributed by atoms with Gasteiger partial charge in [0.25, 0.3) is 0 Å². The first kappa shape index (κ1) is 13.5. The molecule has 1 N–H and O–H groups in total. The first-order valence-electron chi connectivity index (χ1n) is 6.89. The average Bonchev–Trinajstić information content (AvgIpc) is 2.66. The number of nitrogens with zero attached hydrogens (tertiary/aromatic N) is 1. The molecule has 0 bridgehead atoms. The molecule has 100 valence electrons. The summed E-state index contributed by atoms with van der Waals surface area (Å²) < 4.78 is 5.73. The van der Waals surface area contributed by atoms with Crippen LogP contribution >= 0.6 is 0 Å². The Morgan fingerprint density at radius 2 is 1.83 bits per heavy atom. The van der Waals surface area contributed by atoms with Crippen LogP contribution in [0.25, 0.3) is 0 Å². The van der Waals surface area contributed by atoms with Gasteiger partial charge in [-0.1, -0.05) is 25.7 Å². The van der Waals surface area contributed by atoms with E-state index in [4.69, 9.17) is 4.74 Å². The molecule has 1 heterocycles. The van der Waals surface area contributed by atoms with Crippen molar-refractivity contribution in [2.45, 2.75) is 56.7 Å². The number of ether oxygens (including phenoxy) is 1. The minimum absolute atomic E-state index is 0.347. The summed E-state index contributed by atoms with van der Waals surface area (Å²) >= 11 is 0. The van der Waals surface area contributed by atoms with Crippen molar-refractivity contribution < 1.29 is 9.84 Å². The summed E-state index contributed by atoms with van der Waals surface area (Å²) in [7, 11) is 1.74. The van der Waals surface area contributed by atoms with Crippen LogP contribution in [-0.4, -0.2) is 28.9 Å². The Bertz CT molecular complexity index is 345. The van der Waals surface area contributed by atoms with Crippen LogP contribution in [0.15, 0.2) is 24.5 Å². The average molecular weight is 249 g/mol. The van der Waals surface area contributed by atoms with Gasteiger partial charge < -0.3 is 9.84 Å². The Morgan fingerprint density at radius 3 is 2.39 bits per heavy atom. The van der Waals surface area contributed by atoms with E-state index < -0.39 is 6.10 Å². The molecule has 1 atom stereocenters. The molecule has 1 aliphatic carbocycles. The van der Waals surface area contributed by atoms with Gasteiger partial charge in [-0.2, -0.15) is 0 Å². The zero-order valence-corrected chi connectivity index (χ0v) is 11.1. The fraction of sp³-hybridized carbons (Fsp3) is 0.667. The number of hydrogen-bond donors (Lipinski definition) is 1. The van der Waals surface area contributed by atoms with E-state index in [9.17, 15) is 5.11 Å². The number of aromatic nitrogens is 1. The number of hydrogen-bond acceptors (Lipinski definition) is 3. The molecule has 0 aliphatic heterocycles. The molecule has 0 amide bonds. The van der Waals surface area contributed by atoms with Gasteiger partial charge in [0, 0.05) is 25.9 Å². The normalized spacial score (nSPS) is 21.2. The molecule has 18 heavy (non-hydrogen) atoms. The lowest BCUT2D eigenvalue weighted by Crippen LogP contribution is -2.45. The van der Waals surface area contributed by atoms with Crippen molar-refractivity contribution in [2.75, 3.05) is 7.11 Å². The molecular weight excluding hydrogens is 226 g/mol. The van der Waals surface area contributed by atoms with Crippen LogP contribution in [0.5, 0.6) is 0 Å². The quantitative estimate of drug-likeness (QED) is 0.834. The van der Waals surface area contributed by atoms with Gasteiger partial charge in [-0.15, -0.1) is 0 Å². The fourth-order valence-corrected chi connectivity index (χ4v) is 2.93. The molecule has 3 heteroatoms. The molecule has 0 aromatic carbocycles. The van der Waals surface area contributed by atoms with Crippen molar-refractivity contribution in [3.05, 3.63) is 30.1 Å². The van der Waals surface area contributed by atoms with Crippen LogP contribution in [0, 0.1) is 0 Å². The van der Waals surface area contributed by atoms with E-state index in [0.717, 1.165) is 31.2 Å². The Morgan fingerprint density at radius 1 is 1.22 bits per heavy atom. The molecule has 1 aliphatic rings.